The summed E-state index contributed by atoms with van der Waals surface area (Å²) in [6.07, 6.45) is 48.4. The van der Waals surface area contributed by atoms with Gasteiger partial charge in [0.1, 0.15) is 12.2 Å². The summed E-state index contributed by atoms with van der Waals surface area (Å²) in [4.78, 5) is 25.4. The van der Waals surface area contributed by atoms with Crippen molar-refractivity contribution in [2.24, 2.45) is 0 Å². The highest BCUT2D eigenvalue weighted by Crippen LogP contribution is 2.20. The van der Waals surface area contributed by atoms with Gasteiger partial charge in [0.2, 0.25) is 0 Å². The van der Waals surface area contributed by atoms with Crippen LogP contribution in [0.1, 0.15) is 285 Å². The smallest absolute Gasteiger partial charge is 0.306 e. The summed E-state index contributed by atoms with van der Waals surface area (Å²) in [6, 6.07) is 0. The fraction of sp³-hybridized carbons (Fsp3) is 0.958. The first-order valence-electron chi connectivity index (χ1n) is 24.0. The summed E-state index contributed by atoms with van der Waals surface area (Å²) in [5.74, 6) is 0.0601. The Labute approximate surface area is 326 Å². The van der Waals surface area contributed by atoms with E-state index in [1.54, 1.807) is 0 Å². The summed E-state index contributed by atoms with van der Waals surface area (Å²) in [5, 5.41) is 0. The first-order valence-corrected chi connectivity index (χ1v) is 24.0. The van der Waals surface area contributed by atoms with Crippen LogP contribution in [0.3, 0.4) is 0 Å². The second kappa shape index (κ2) is 42.7. The molecule has 52 heavy (non-hydrogen) atoms. The SMILES string of the molecule is CCCCCCCCCC(CCCCCCCC)OC(=O)CCCCCCCCCCC(=O)OC(CCCCCCCC)CCCCCCCCC. The number of hydrogen-bond acceptors (Lipinski definition) is 4. The summed E-state index contributed by atoms with van der Waals surface area (Å²) in [5.41, 5.74) is 0. The van der Waals surface area contributed by atoms with E-state index in [1.165, 1.54) is 193 Å². The van der Waals surface area contributed by atoms with Gasteiger partial charge in [0.25, 0.3) is 0 Å². The van der Waals surface area contributed by atoms with Crippen LogP contribution in [0.25, 0.3) is 0 Å². The van der Waals surface area contributed by atoms with Gasteiger partial charge < -0.3 is 9.47 Å². The van der Waals surface area contributed by atoms with E-state index in [9.17, 15) is 9.59 Å². The lowest BCUT2D eigenvalue weighted by atomic mass is 10.0. The molecule has 0 amide bonds. The molecule has 0 N–H and O–H groups in total. The van der Waals surface area contributed by atoms with Crippen LogP contribution in [0.4, 0.5) is 0 Å². The number of esters is 2. The third-order valence-electron chi connectivity index (χ3n) is 11.1. The molecule has 0 heterocycles. The average Bonchev–Trinajstić information content (AvgIpc) is 3.14. The van der Waals surface area contributed by atoms with E-state index in [2.05, 4.69) is 27.7 Å². The fourth-order valence-corrected chi connectivity index (χ4v) is 7.58. The van der Waals surface area contributed by atoms with Gasteiger partial charge in [0, 0.05) is 12.8 Å². The van der Waals surface area contributed by atoms with Gasteiger partial charge in [-0.3, -0.25) is 9.59 Å². The van der Waals surface area contributed by atoms with Crippen LogP contribution < -0.4 is 0 Å². The van der Waals surface area contributed by atoms with Gasteiger partial charge in [0.15, 0.2) is 0 Å². The lowest BCUT2D eigenvalue weighted by Gasteiger charge is -2.18. The van der Waals surface area contributed by atoms with E-state index < -0.39 is 0 Å². The molecule has 0 spiro atoms. The molecule has 0 aromatic carbocycles. The molecular formula is C48H94O4. The number of rotatable bonds is 43. The highest BCUT2D eigenvalue weighted by molar-refractivity contribution is 5.69. The first-order chi connectivity index (χ1) is 25.6. The van der Waals surface area contributed by atoms with Gasteiger partial charge in [-0.05, 0) is 64.2 Å². The molecule has 4 heteroatoms. The maximum Gasteiger partial charge on any atom is 0.306 e. The zero-order valence-electron chi connectivity index (χ0n) is 36.1. The van der Waals surface area contributed by atoms with Crippen molar-refractivity contribution >= 4 is 11.9 Å². The Morgan fingerprint density at radius 2 is 0.481 bits per heavy atom. The highest BCUT2D eigenvalue weighted by atomic mass is 16.5. The molecule has 0 radical (unpaired) electrons. The summed E-state index contributed by atoms with van der Waals surface area (Å²) >= 11 is 0. The van der Waals surface area contributed by atoms with Gasteiger partial charge in [-0.2, -0.15) is 0 Å². The minimum Gasteiger partial charge on any atom is -0.462 e. The van der Waals surface area contributed by atoms with Crippen LogP contribution in [0, 0.1) is 0 Å². The second-order valence-corrected chi connectivity index (χ2v) is 16.5. The van der Waals surface area contributed by atoms with Crippen LogP contribution in [-0.4, -0.2) is 24.1 Å². The summed E-state index contributed by atoms with van der Waals surface area (Å²) in [7, 11) is 0. The van der Waals surface area contributed by atoms with E-state index in [0.29, 0.717) is 12.8 Å². The molecule has 0 bridgehead atoms. The number of carbonyl (C=O) groups excluding carboxylic acids is 2. The largest absolute Gasteiger partial charge is 0.462 e. The third kappa shape index (κ3) is 38.7. The number of ether oxygens (including phenoxy) is 2. The molecule has 0 fully saturated rings. The molecule has 0 aliphatic rings. The van der Waals surface area contributed by atoms with Crippen LogP contribution in [-0.2, 0) is 19.1 Å². The molecule has 310 valence electrons. The molecule has 0 aliphatic carbocycles. The van der Waals surface area contributed by atoms with Gasteiger partial charge >= 0.3 is 11.9 Å². The van der Waals surface area contributed by atoms with Crippen molar-refractivity contribution in [3.8, 4) is 0 Å². The van der Waals surface area contributed by atoms with E-state index in [1.807, 2.05) is 0 Å². The molecule has 0 aliphatic heterocycles. The Bertz CT molecular complexity index is 661. The third-order valence-corrected chi connectivity index (χ3v) is 11.1. The zero-order chi connectivity index (χ0) is 38.0. The molecule has 2 unspecified atom stereocenters. The van der Waals surface area contributed by atoms with Gasteiger partial charge in [-0.1, -0.05) is 207 Å². The monoisotopic (exact) mass is 735 g/mol. The van der Waals surface area contributed by atoms with E-state index >= 15 is 0 Å². The van der Waals surface area contributed by atoms with Crippen molar-refractivity contribution in [1.82, 2.24) is 0 Å². The minimum atomic E-state index is 0.0300. The van der Waals surface area contributed by atoms with Crippen molar-refractivity contribution < 1.29 is 19.1 Å². The predicted molar refractivity (Wildman–Crippen MR) is 227 cm³/mol. The molecular weight excluding hydrogens is 641 g/mol. The summed E-state index contributed by atoms with van der Waals surface area (Å²) in [6.45, 7) is 9.08. The van der Waals surface area contributed by atoms with Crippen molar-refractivity contribution in [3.05, 3.63) is 0 Å². The Hall–Kier alpha value is -1.06. The maximum atomic E-state index is 12.7. The standard InChI is InChI=1S/C48H94O4/c1-5-9-13-17-23-29-35-41-45(39-33-27-19-15-11-7-3)51-47(49)43-37-31-25-21-22-26-32-38-44-48(50)52-46(40-34-28-20-16-12-8-4)42-36-30-24-18-14-10-6-2/h45-46H,5-44H2,1-4H3. The Morgan fingerprint density at radius 3 is 0.712 bits per heavy atom. The van der Waals surface area contributed by atoms with Crippen LogP contribution in [0.15, 0.2) is 0 Å². The highest BCUT2D eigenvalue weighted by Gasteiger charge is 2.15. The van der Waals surface area contributed by atoms with E-state index in [4.69, 9.17) is 9.47 Å². The summed E-state index contributed by atoms with van der Waals surface area (Å²) < 4.78 is 12.1. The minimum absolute atomic E-state index is 0.0300. The van der Waals surface area contributed by atoms with Crippen molar-refractivity contribution in [2.75, 3.05) is 0 Å². The Morgan fingerprint density at radius 1 is 0.288 bits per heavy atom. The predicted octanol–water partition coefficient (Wildman–Crippen LogP) is 16.5. The Balaban J connectivity index is 4.14. The van der Waals surface area contributed by atoms with E-state index in [-0.39, 0.29) is 24.1 Å². The van der Waals surface area contributed by atoms with E-state index in [0.717, 1.165) is 51.4 Å². The van der Waals surface area contributed by atoms with Crippen molar-refractivity contribution in [1.29, 1.82) is 0 Å². The lowest BCUT2D eigenvalue weighted by Crippen LogP contribution is -2.18. The van der Waals surface area contributed by atoms with Gasteiger partial charge in [-0.15, -0.1) is 0 Å². The van der Waals surface area contributed by atoms with Gasteiger partial charge in [0.05, 0.1) is 0 Å². The van der Waals surface area contributed by atoms with Crippen LogP contribution >= 0.6 is 0 Å². The molecule has 0 saturated carbocycles. The molecule has 4 nitrogen and oxygen atoms in total. The van der Waals surface area contributed by atoms with Crippen LogP contribution in [0.5, 0.6) is 0 Å². The quantitative estimate of drug-likeness (QED) is 0.0462. The maximum absolute atomic E-state index is 12.7. The number of hydrogen-bond donors (Lipinski definition) is 0. The molecule has 0 rings (SSSR count). The molecule has 0 aromatic rings. The second-order valence-electron chi connectivity index (χ2n) is 16.5. The topological polar surface area (TPSA) is 52.6 Å². The number of unbranched alkanes of at least 4 members (excludes halogenated alkanes) is 29. The average molecular weight is 735 g/mol. The van der Waals surface area contributed by atoms with Crippen molar-refractivity contribution in [3.63, 3.8) is 0 Å². The molecule has 0 saturated heterocycles. The van der Waals surface area contributed by atoms with Crippen LogP contribution in [0.2, 0.25) is 0 Å². The first kappa shape index (κ1) is 50.9. The Kier molecular flexibility index (Phi) is 41.8. The number of carbonyl (C=O) groups is 2. The van der Waals surface area contributed by atoms with Crippen molar-refractivity contribution in [2.45, 2.75) is 297 Å². The zero-order valence-corrected chi connectivity index (χ0v) is 36.1. The van der Waals surface area contributed by atoms with Gasteiger partial charge in [-0.25, -0.2) is 0 Å². The fourth-order valence-electron chi connectivity index (χ4n) is 7.58. The normalized spacial score (nSPS) is 12.6. The molecule has 0 aromatic heterocycles. The molecule has 2 atom stereocenters. The lowest BCUT2D eigenvalue weighted by molar-refractivity contribution is -0.151.